The van der Waals surface area contributed by atoms with Crippen LogP contribution in [0.3, 0.4) is 0 Å². The summed E-state index contributed by atoms with van der Waals surface area (Å²) in [7, 11) is -2.54. The number of ether oxygens (including phenoxy) is 1. The molecule has 0 spiro atoms. The summed E-state index contributed by atoms with van der Waals surface area (Å²) in [4.78, 5) is 10.4. The highest BCUT2D eigenvalue weighted by Gasteiger charge is 2.28. The van der Waals surface area contributed by atoms with Crippen molar-refractivity contribution in [2.45, 2.75) is 4.90 Å². The molecule has 26 heavy (non-hydrogen) atoms. The number of amidine groups is 1. The molecule has 1 aliphatic rings. The lowest BCUT2D eigenvalue weighted by atomic mass is 10.1. The molecule has 0 bridgehead atoms. The summed E-state index contributed by atoms with van der Waals surface area (Å²) in [6.45, 7) is 0. The van der Waals surface area contributed by atoms with Crippen LogP contribution in [0.1, 0.15) is 11.1 Å². The standard InChI is InChI=1S/C15H12N4O6S/c1-25-12-7-10(19(21)22)6-9(14(12)20)8-16-17-15-11-4-2-3-5-13(11)26(23,24)18-15/h2-8,20H,1H3,(H,17,18)/b16-8+. The first-order chi connectivity index (χ1) is 12.3. The summed E-state index contributed by atoms with van der Waals surface area (Å²) in [5.74, 6) is -0.425. The van der Waals surface area contributed by atoms with Gasteiger partial charge >= 0.3 is 0 Å². The minimum Gasteiger partial charge on any atom is -0.504 e. The van der Waals surface area contributed by atoms with Crippen LogP contribution in [-0.2, 0) is 10.0 Å². The fourth-order valence-corrected chi connectivity index (χ4v) is 3.49. The van der Waals surface area contributed by atoms with E-state index in [0.29, 0.717) is 5.56 Å². The Balaban J connectivity index is 1.91. The molecule has 0 radical (unpaired) electrons. The average molecular weight is 376 g/mol. The van der Waals surface area contributed by atoms with Crippen LogP contribution >= 0.6 is 0 Å². The number of phenolic OH excluding ortho intramolecular Hbond substituents is 1. The van der Waals surface area contributed by atoms with E-state index in [1.165, 1.54) is 13.2 Å². The van der Waals surface area contributed by atoms with Crippen LogP contribution < -0.4 is 10.2 Å². The predicted octanol–water partition coefficient (Wildman–Crippen LogP) is 1.38. The van der Waals surface area contributed by atoms with E-state index in [0.717, 1.165) is 18.3 Å². The number of methoxy groups -OCH3 is 1. The van der Waals surface area contributed by atoms with E-state index in [1.54, 1.807) is 18.2 Å². The smallest absolute Gasteiger partial charge is 0.285 e. The van der Waals surface area contributed by atoms with Gasteiger partial charge in [0, 0.05) is 17.2 Å². The van der Waals surface area contributed by atoms with Gasteiger partial charge in [0.05, 0.1) is 24.3 Å². The third-order valence-corrected chi connectivity index (χ3v) is 4.86. The Morgan fingerprint density at radius 3 is 2.77 bits per heavy atom. The first kappa shape index (κ1) is 17.4. The molecule has 0 amide bonds. The number of nitrogens with zero attached hydrogens (tertiary/aromatic N) is 3. The maximum atomic E-state index is 11.9. The van der Waals surface area contributed by atoms with Crippen LogP contribution in [-0.4, -0.2) is 37.6 Å². The number of phenols is 1. The van der Waals surface area contributed by atoms with E-state index in [1.807, 2.05) is 0 Å². The van der Waals surface area contributed by atoms with E-state index in [9.17, 15) is 23.6 Å². The van der Waals surface area contributed by atoms with Gasteiger partial charge in [-0.2, -0.15) is 13.5 Å². The molecule has 0 aliphatic carbocycles. The molecule has 0 unspecified atom stereocenters. The Labute approximate surface area is 147 Å². The Morgan fingerprint density at radius 2 is 2.08 bits per heavy atom. The van der Waals surface area contributed by atoms with Crippen LogP contribution in [0.25, 0.3) is 0 Å². The van der Waals surface area contributed by atoms with E-state index >= 15 is 0 Å². The highest BCUT2D eigenvalue weighted by atomic mass is 32.2. The third kappa shape index (κ3) is 3.07. The second kappa shape index (κ2) is 6.44. The van der Waals surface area contributed by atoms with Gasteiger partial charge in [0.25, 0.3) is 15.7 Å². The van der Waals surface area contributed by atoms with Crippen molar-refractivity contribution in [3.05, 3.63) is 57.6 Å². The Bertz CT molecular complexity index is 1060. The van der Waals surface area contributed by atoms with Crippen molar-refractivity contribution in [3.8, 4) is 11.5 Å². The molecule has 2 N–H and O–H groups in total. The molecule has 2 aromatic rings. The number of fused-ring (bicyclic) bond motifs is 1. The maximum Gasteiger partial charge on any atom is 0.285 e. The molecule has 10 nitrogen and oxygen atoms in total. The fourth-order valence-electron chi connectivity index (χ4n) is 2.32. The van der Waals surface area contributed by atoms with Crippen LogP contribution in [0.5, 0.6) is 11.5 Å². The predicted molar refractivity (Wildman–Crippen MR) is 92.2 cm³/mol. The topological polar surface area (TPSA) is 143 Å². The van der Waals surface area contributed by atoms with Crippen molar-refractivity contribution in [1.82, 2.24) is 5.43 Å². The lowest BCUT2D eigenvalue weighted by molar-refractivity contribution is -0.385. The lowest BCUT2D eigenvalue weighted by Gasteiger charge is -2.06. The van der Waals surface area contributed by atoms with Gasteiger partial charge in [0.1, 0.15) is 4.90 Å². The van der Waals surface area contributed by atoms with Crippen LogP contribution in [0, 0.1) is 10.1 Å². The summed E-state index contributed by atoms with van der Waals surface area (Å²) in [6, 6.07) is 8.39. The van der Waals surface area contributed by atoms with E-state index in [-0.39, 0.29) is 33.5 Å². The number of nitro benzene ring substituents is 1. The van der Waals surface area contributed by atoms with Crippen LogP contribution in [0.15, 0.2) is 50.8 Å². The molecule has 3 rings (SSSR count). The van der Waals surface area contributed by atoms with E-state index in [4.69, 9.17) is 4.74 Å². The maximum absolute atomic E-state index is 11.9. The summed E-state index contributed by atoms with van der Waals surface area (Å²) in [6.07, 6.45) is 1.10. The number of hydrogen-bond donors (Lipinski definition) is 2. The second-order valence-electron chi connectivity index (χ2n) is 5.12. The number of hydrogen-bond acceptors (Lipinski definition) is 8. The van der Waals surface area contributed by atoms with Crippen molar-refractivity contribution >= 4 is 27.8 Å². The number of nitrogens with one attached hydrogen (secondary N) is 1. The van der Waals surface area contributed by atoms with Gasteiger partial charge in [-0.15, -0.1) is 4.40 Å². The number of nitro groups is 1. The minimum absolute atomic E-state index is 0.00809. The third-order valence-electron chi connectivity index (χ3n) is 3.53. The molecule has 1 heterocycles. The Hall–Kier alpha value is -3.47. The molecular formula is C15H12N4O6S. The summed E-state index contributed by atoms with van der Waals surface area (Å²) in [5, 5.41) is 24.8. The number of sulfonamides is 1. The average Bonchev–Trinajstić information content (AvgIpc) is 2.87. The zero-order valence-electron chi connectivity index (χ0n) is 13.3. The Kier molecular flexibility index (Phi) is 4.30. The zero-order valence-corrected chi connectivity index (χ0v) is 14.1. The number of hydrazone groups is 1. The van der Waals surface area contributed by atoms with Crippen molar-refractivity contribution in [2.75, 3.05) is 7.11 Å². The number of benzene rings is 2. The molecule has 1 aliphatic heterocycles. The van der Waals surface area contributed by atoms with Gasteiger partial charge in [-0.05, 0) is 12.1 Å². The lowest BCUT2D eigenvalue weighted by Crippen LogP contribution is -2.17. The molecule has 0 saturated carbocycles. The summed E-state index contributed by atoms with van der Waals surface area (Å²) >= 11 is 0. The van der Waals surface area contributed by atoms with E-state index in [2.05, 4.69) is 14.9 Å². The van der Waals surface area contributed by atoms with Crippen molar-refractivity contribution in [3.63, 3.8) is 0 Å². The highest BCUT2D eigenvalue weighted by Crippen LogP contribution is 2.33. The molecule has 2 aromatic carbocycles. The van der Waals surface area contributed by atoms with Crippen molar-refractivity contribution in [2.24, 2.45) is 9.50 Å². The number of rotatable bonds is 4. The van der Waals surface area contributed by atoms with Gasteiger partial charge in [-0.1, -0.05) is 12.1 Å². The monoisotopic (exact) mass is 376 g/mol. The minimum atomic E-state index is -3.79. The summed E-state index contributed by atoms with van der Waals surface area (Å²) < 4.78 is 32.4. The highest BCUT2D eigenvalue weighted by molar-refractivity contribution is 7.90. The number of non-ortho nitro benzene ring substituents is 1. The van der Waals surface area contributed by atoms with Crippen molar-refractivity contribution < 1.29 is 23.2 Å². The number of aromatic hydroxyl groups is 1. The van der Waals surface area contributed by atoms with Gasteiger partial charge < -0.3 is 9.84 Å². The van der Waals surface area contributed by atoms with Crippen molar-refractivity contribution in [1.29, 1.82) is 0 Å². The first-order valence-electron chi connectivity index (χ1n) is 7.12. The largest absolute Gasteiger partial charge is 0.504 e. The van der Waals surface area contributed by atoms with Gasteiger partial charge in [-0.3, -0.25) is 15.5 Å². The first-order valence-corrected chi connectivity index (χ1v) is 8.56. The van der Waals surface area contributed by atoms with E-state index < -0.39 is 14.9 Å². The summed E-state index contributed by atoms with van der Waals surface area (Å²) in [5.41, 5.74) is 2.54. The molecular weight excluding hydrogens is 364 g/mol. The van der Waals surface area contributed by atoms with Gasteiger partial charge in [0.15, 0.2) is 17.3 Å². The molecule has 134 valence electrons. The molecule has 0 aromatic heterocycles. The molecule has 11 heteroatoms. The SMILES string of the molecule is COc1cc([N+](=O)[O-])cc(/C=N/NC2=NS(=O)(=O)c3ccccc32)c1O. The van der Waals surface area contributed by atoms with Gasteiger partial charge in [-0.25, -0.2) is 0 Å². The fraction of sp³-hybridized carbons (Fsp3) is 0.0667. The van der Waals surface area contributed by atoms with Gasteiger partial charge in [0.2, 0.25) is 0 Å². The van der Waals surface area contributed by atoms with Crippen LogP contribution in [0.2, 0.25) is 0 Å². The normalized spacial score (nSPS) is 14.7. The molecule has 0 fully saturated rings. The quantitative estimate of drug-likeness (QED) is 0.466. The second-order valence-corrected chi connectivity index (χ2v) is 6.70. The molecule has 0 atom stereocenters. The Morgan fingerprint density at radius 1 is 1.35 bits per heavy atom. The zero-order chi connectivity index (χ0) is 18.9. The van der Waals surface area contributed by atoms with Crippen LogP contribution in [0.4, 0.5) is 5.69 Å². The molecule has 0 saturated heterocycles.